The molecule has 0 unspecified atom stereocenters. The van der Waals surface area contributed by atoms with Crippen molar-refractivity contribution in [2.45, 2.75) is 33.2 Å². The number of rotatable bonds is 5. The normalized spacial score (nSPS) is 10.6. The first kappa shape index (κ1) is 14.7. The van der Waals surface area contributed by atoms with Crippen LogP contribution < -0.4 is 5.32 Å². The van der Waals surface area contributed by atoms with Gasteiger partial charge in [0.2, 0.25) is 0 Å². The zero-order valence-electron chi connectivity index (χ0n) is 11.6. The molecule has 1 aromatic carbocycles. The second-order valence-corrected chi connectivity index (χ2v) is 4.99. The number of nitrogens with one attached hydrogen (secondary N) is 1. The fourth-order valence-corrected chi connectivity index (χ4v) is 2.02. The summed E-state index contributed by atoms with van der Waals surface area (Å²) >= 11 is 6.12. The van der Waals surface area contributed by atoms with Crippen molar-refractivity contribution in [1.82, 2.24) is 9.97 Å². The van der Waals surface area contributed by atoms with Gasteiger partial charge in [-0.15, -0.1) is 0 Å². The van der Waals surface area contributed by atoms with E-state index in [1.807, 2.05) is 6.92 Å². The Bertz CT molecular complexity index is 584. The van der Waals surface area contributed by atoms with E-state index in [2.05, 4.69) is 22.2 Å². The first-order valence-corrected chi connectivity index (χ1v) is 6.99. The van der Waals surface area contributed by atoms with E-state index in [1.54, 1.807) is 12.1 Å². The lowest BCUT2D eigenvalue weighted by atomic mass is 10.2. The molecular weight excluding hydrogens is 277 g/mol. The third-order valence-corrected chi connectivity index (χ3v) is 3.35. The number of anilines is 1. The molecule has 0 aliphatic heterocycles. The van der Waals surface area contributed by atoms with Gasteiger partial charge in [-0.25, -0.2) is 14.4 Å². The van der Waals surface area contributed by atoms with Crippen LogP contribution in [0.3, 0.4) is 0 Å². The summed E-state index contributed by atoms with van der Waals surface area (Å²) in [5, 5.41) is 3.71. The molecule has 1 aromatic heterocycles. The van der Waals surface area contributed by atoms with Crippen molar-refractivity contribution in [1.29, 1.82) is 0 Å². The van der Waals surface area contributed by atoms with Crippen LogP contribution in [0.15, 0.2) is 24.3 Å². The second kappa shape index (κ2) is 6.66. The molecule has 0 saturated carbocycles. The summed E-state index contributed by atoms with van der Waals surface area (Å²) in [6.45, 7) is 4.52. The van der Waals surface area contributed by atoms with Crippen molar-refractivity contribution in [3.8, 4) is 0 Å². The van der Waals surface area contributed by atoms with Gasteiger partial charge in [0.25, 0.3) is 0 Å². The van der Waals surface area contributed by atoms with Crippen LogP contribution in [0, 0.1) is 12.7 Å². The molecule has 20 heavy (non-hydrogen) atoms. The molecule has 0 aliphatic rings. The summed E-state index contributed by atoms with van der Waals surface area (Å²) in [5.74, 6) is 1.24. The van der Waals surface area contributed by atoms with Gasteiger partial charge in [0.1, 0.15) is 22.6 Å². The van der Waals surface area contributed by atoms with E-state index in [0.29, 0.717) is 11.7 Å². The van der Waals surface area contributed by atoms with E-state index < -0.39 is 0 Å². The van der Waals surface area contributed by atoms with Crippen molar-refractivity contribution in [2.24, 2.45) is 0 Å². The highest BCUT2D eigenvalue weighted by Crippen LogP contribution is 2.21. The SMILES string of the molecule is CCCc1nc(Cl)c(C)c(NCc2ccc(F)cc2)n1. The Hall–Kier alpha value is -1.68. The lowest BCUT2D eigenvalue weighted by molar-refractivity contribution is 0.627. The van der Waals surface area contributed by atoms with Crippen LogP contribution in [-0.4, -0.2) is 9.97 Å². The maximum atomic E-state index is 12.8. The van der Waals surface area contributed by atoms with Gasteiger partial charge in [-0.3, -0.25) is 0 Å². The van der Waals surface area contributed by atoms with E-state index in [9.17, 15) is 4.39 Å². The molecule has 2 aromatic rings. The van der Waals surface area contributed by atoms with Crippen LogP contribution in [0.25, 0.3) is 0 Å². The van der Waals surface area contributed by atoms with Crippen molar-refractivity contribution in [3.63, 3.8) is 0 Å². The molecule has 0 fully saturated rings. The minimum Gasteiger partial charge on any atom is -0.366 e. The van der Waals surface area contributed by atoms with Crippen molar-refractivity contribution >= 4 is 17.4 Å². The molecule has 0 radical (unpaired) electrons. The Balaban J connectivity index is 2.13. The van der Waals surface area contributed by atoms with Gasteiger partial charge in [-0.2, -0.15) is 0 Å². The smallest absolute Gasteiger partial charge is 0.137 e. The molecule has 1 N–H and O–H groups in total. The van der Waals surface area contributed by atoms with Gasteiger partial charge >= 0.3 is 0 Å². The summed E-state index contributed by atoms with van der Waals surface area (Å²) in [5.41, 5.74) is 1.81. The number of hydrogen-bond acceptors (Lipinski definition) is 3. The van der Waals surface area contributed by atoms with Crippen LogP contribution in [0.4, 0.5) is 10.2 Å². The van der Waals surface area contributed by atoms with Crippen LogP contribution in [-0.2, 0) is 13.0 Å². The molecule has 5 heteroatoms. The average Bonchev–Trinajstić information content (AvgIpc) is 2.43. The van der Waals surface area contributed by atoms with E-state index in [1.165, 1.54) is 12.1 Å². The predicted octanol–water partition coefficient (Wildman–Crippen LogP) is 4.14. The minimum atomic E-state index is -0.236. The van der Waals surface area contributed by atoms with Gasteiger partial charge in [-0.05, 0) is 31.0 Å². The summed E-state index contributed by atoms with van der Waals surface area (Å²) in [7, 11) is 0. The van der Waals surface area contributed by atoms with Gasteiger partial charge in [0.15, 0.2) is 0 Å². The largest absolute Gasteiger partial charge is 0.366 e. The standard InChI is InChI=1S/C15H17ClFN3/c1-3-4-13-19-14(16)10(2)15(20-13)18-9-11-5-7-12(17)8-6-11/h5-8H,3-4,9H2,1-2H3,(H,18,19,20). The monoisotopic (exact) mass is 293 g/mol. The van der Waals surface area contributed by atoms with E-state index in [4.69, 9.17) is 11.6 Å². The fraction of sp³-hybridized carbons (Fsp3) is 0.333. The quantitative estimate of drug-likeness (QED) is 0.842. The summed E-state index contributed by atoms with van der Waals surface area (Å²) in [6, 6.07) is 6.37. The zero-order chi connectivity index (χ0) is 14.5. The van der Waals surface area contributed by atoms with Gasteiger partial charge in [-0.1, -0.05) is 30.7 Å². The van der Waals surface area contributed by atoms with Crippen LogP contribution in [0.1, 0.15) is 30.3 Å². The molecule has 106 valence electrons. The predicted molar refractivity (Wildman–Crippen MR) is 79.5 cm³/mol. The number of nitrogens with zero attached hydrogens (tertiary/aromatic N) is 2. The molecule has 1 heterocycles. The molecule has 0 saturated heterocycles. The molecular formula is C15H17ClFN3. The molecule has 0 aliphatic carbocycles. The van der Waals surface area contributed by atoms with Crippen LogP contribution >= 0.6 is 11.6 Å². The van der Waals surface area contributed by atoms with Crippen molar-refractivity contribution in [3.05, 3.63) is 52.2 Å². The zero-order valence-corrected chi connectivity index (χ0v) is 12.3. The minimum absolute atomic E-state index is 0.236. The lowest BCUT2D eigenvalue weighted by Gasteiger charge is -2.11. The van der Waals surface area contributed by atoms with Crippen molar-refractivity contribution in [2.75, 3.05) is 5.32 Å². The fourth-order valence-electron chi connectivity index (χ4n) is 1.83. The summed E-state index contributed by atoms with van der Waals surface area (Å²) in [4.78, 5) is 8.73. The third kappa shape index (κ3) is 3.67. The van der Waals surface area contributed by atoms with Crippen LogP contribution in [0.5, 0.6) is 0 Å². The number of halogens is 2. The van der Waals surface area contributed by atoms with E-state index >= 15 is 0 Å². The Morgan fingerprint density at radius 3 is 2.55 bits per heavy atom. The average molecular weight is 294 g/mol. The van der Waals surface area contributed by atoms with Crippen LogP contribution in [0.2, 0.25) is 5.15 Å². The van der Waals surface area contributed by atoms with Gasteiger partial charge < -0.3 is 5.32 Å². The Kier molecular flexibility index (Phi) is 4.90. The van der Waals surface area contributed by atoms with Crippen molar-refractivity contribution < 1.29 is 4.39 Å². The molecule has 0 bridgehead atoms. The highest BCUT2D eigenvalue weighted by molar-refractivity contribution is 6.30. The molecule has 3 nitrogen and oxygen atoms in total. The number of hydrogen-bond donors (Lipinski definition) is 1. The number of benzene rings is 1. The second-order valence-electron chi connectivity index (χ2n) is 4.63. The highest BCUT2D eigenvalue weighted by atomic mass is 35.5. The lowest BCUT2D eigenvalue weighted by Crippen LogP contribution is -2.07. The maximum absolute atomic E-state index is 12.8. The summed E-state index contributed by atoms with van der Waals surface area (Å²) in [6.07, 6.45) is 1.77. The molecule has 0 atom stereocenters. The topological polar surface area (TPSA) is 37.8 Å². The molecule has 0 amide bonds. The van der Waals surface area contributed by atoms with Gasteiger partial charge in [0, 0.05) is 18.5 Å². The van der Waals surface area contributed by atoms with E-state index in [0.717, 1.165) is 35.6 Å². The Labute approximate surface area is 123 Å². The van der Waals surface area contributed by atoms with Gasteiger partial charge in [0.05, 0.1) is 0 Å². The third-order valence-electron chi connectivity index (χ3n) is 2.98. The molecule has 2 rings (SSSR count). The Morgan fingerprint density at radius 2 is 1.90 bits per heavy atom. The molecule has 0 spiro atoms. The van der Waals surface area contributed by atoms with E-state index in [-0.39, 0.29) is 5.82 Å². The highest BCUT2D eigenvalue weighted by Gasteiger charge is 2.08. The maximum Gasteiger partial charge on any atom is 0.137 e. The first-order valence-electron chi connectivity index (χ1n) is 6.61. The first-order chi connectivity index (χ1) is 9.60. The number of aryl methyl sites for hydroxylation is 1. The summed E-state index contributed by atoms with van der Waals surface area (Å²) < 4.78 is 12.8. The number of aromatic nitrogens is 2. The Morgan fingerprint density at radius 1 is 1.20 bits per heavy atom.